The molecule has 0 spiro atoms. The summed E-state index contributed by atoms with van der Waals surface area (Å²) in [5.74, 6) is -1.77. The maximum Gasteiger partial charge on any atom is 0.339 e. The number of fused-ring (bicyclic) bond motifs is 1. The molecule has 2 atom stereocenters. The number of aldehydes is 1. The van der Waals surface area contributed by atoms with Crippen LogP contribution in [0.1, 0.15) is 33.5 Å². The number of rotatable bonds is 5. The molecule has 0 amide bonds. The molecule has 27 heavy (non-hydrogen) atoms. The molecule has 140 valence electrons. The minimum Gasteiger partial charge on any atom is -0.490 e. The summed E-state index contributed by atoms with van der Waals surface area (Å²) in [4.78, 5) is 35.0. The van der Waals surface area contributed by atoms with Crippen molar-refractivity contribution in [2.75, 3.05) is 7.11 Å². The van der Waals surface area contributed by atoms with Crippen LogP contribution in [-0.4, -0.2) is 34.8 Å². The van der Waals surface area contributed by atoms with Crippen molar-refractivity contribution in [1.82, 2.24) is 0 Å². The molecular weight excluding hydrogens is 374 g/mol. The van der Waals surface area contributed by atoms with E-state index < -0.39 is 33.1 Å². The Kier molecular flexibility index (Phi) is 4.89. The highest BCUT2D eigenvalue weighted by molar-refractivity contribution is 6.23. The largest absolute Gasteiger partial charge is 0.490 e. The number of hydrogen-bond acceptors (Lipinski definition) is 5. The van der Waals surface area contributed by atoms with Crippen LogP contribution in [0.25, 0.3) is 0 Å². The summed E-state index contributed by atoms with van der Waals surface area (Å²) in [5.41, 5.74) is -0.924. The van der Waals surface area contributed by atoms with Crippen LogP contribution in [0.2, 0.25) is 0 Å². The van der Waals surface area contributed by atoms with E-state index in [1.807, 2.05) is 12.1 Å². The monoisotopic (exact) mass is 389 g/mol. The minimum absolute atomic E-state index is 0.0245. The van der Waals surface area contributed by atoms with Crippen molar-refractivity contribution in [3.05, 3.63) is 68.8 Å². The second-order valence-electron chi connectivity index (χ2n) is 6.26. The number of aromatic carboxylic acids is 1. The first-order chi connectivity index (χ1) is 12.9. The predicted octanol–water partition coefficient (Wildman–Crippen LogP) is 3.34. The number of nitro groups is 1. The van der Waals surface area contributed by atoms with Gasteiger partial charge in [0.25, 0.3) is 0 Å². The Balaban J connectivity index is 2.43. The van der Waals surface area contributed by atoms with E-state index in [4.69, 9.17) is 16.3 Å². The third-order valence-electron chi connectivity index (χ3n) is 5.00. The molecule has 2 aromatic carbocycles. The number of carboxylic acids is 1. The lowest BCUT2D eigenvalue weighted by molar-refractivity contribution is -0.386. The van der Waals surface area contributed by atoms with Crippen molar-refractivity contribution < 1.29 is 24.4 Å². The Hall–Kier alpha value is -2.93. The molecule has 0 saturated heterocycles. The quantitative estimate of drug-likeness (QED) is 0.364. The van der Waals surface area contributed by atoms with Crippen molar-refractivity contribution >= 4 is 29.5 Å². The first-order valence-electron chi connectivity index (χ1n) is 8.16. The van der Waals surface area contributed by atoms with Crippen LogP contribution in [-0.2, 0) is 16.6 Å². The molecule has 0 aliphatic heterocycles. The molecular formula is C19H16ClNO6. The van der Waals surface area contributed by atoms with Gasteiger partial charge in [0, 0.05) is 0 Å². The molecule has 0 fully saturated rings. The number of nitro benzene ring substituents is 1. The number of benzene rings is 2. The maximum atomic E-state index is 12.4. The van der Waals surface area contributed by atoms with Crippen molar-refractivity contribution in [3.63, 3.8) is 0 Å². The summed E-state index contributed by atoms with van der Waals surface area (Å²) in [5, 5.41) is 20.5. The summed E-state index contributed by atoms with van der Waals surface area (Å²) in [7, 11) is 1.15. The molecule has 0 heterocycles. The lowest BCUT2D eigenvalue weighted by Gasteiger charge is -2.38. The van der Waals surface area contributed by atoms with Crippen LogP contribution in [0.3, 0.4) is 0 Å². The van der Waals surface area contributed by atoms with E-state index in [-0.39, 0.29) is 11.1 Å². The van der Waals surface area contributed by atoms with Crippen LogP contribution in [0, 0.1) is 10.1 Å². The lowest BCUT2D eigenvalue weighted by Crippen LogP contribution is -2.43. The fraction of sp³-hybridized carbons (Fsp3) is 0.263. The number of alkyl halides is 1. The molecule has 3 rings (SSSR count). The van der Waals surface area contributed by atoms with E-state index in [0.717, 1.165) is 12.7 Å². The van der Waals surface area contributed by atoms with Gasteiger partial charge in [-0.15, -0.1) is 11.6 Å². The van der Waals surface area contributed by atoms with E-state index in [2.05, 4.69) is 0 Å². The normalized spacial score (nSPS) is 21.2. The van der Waals surface area contributed by atoms with E-state index in [1.54, 1.807) is 12.1 Å². The zero-order valence-electron chi connectivity index (χ0n) is 14.3. The Morgan fingerprint density at radius 2 is 2.04 bits per heavy atom. The standard InChI is InChI=1S/C19H16ClNO6/c1-27-17-12(18(23)24)7-8-14(16(17)21(25)26)19(10-22)13-5-3-2-4-11(13)6-9-15(19)20/h2-5,7-8,10,15H,6,9H2,1H3,(H,23,24). The van der Waals surface area contributed by atoms with Gasteiger partial charge in [-0.1, -0.05) is 24.3 Å². The SMILES string of the molecule is COc1c(C(=O)O)ccc(C2(C=O)c3ccccc3CCC2Cl)c1[N+](=O)[O-]. The zero-order chi connectivity index (χ0) is 19.8. The number of hydrogen-bond donors (Lipinski definition) is 1. The van der Waals surface area contributed by atoms with E-state index in [1.165, 1.54) is 12.1 Å². The summed E-state index contributed by atoms with van der Waals surface area (Å²) >= 11 is 6.57. The van der Waals surface area contributed by atoms with Gasteiger partial charge in [0.05, 0.1) is 28.4 Å². The molecule has 1 aliphatic carbocycles. The summed E-state index contributed by atoms with van der Waals surface area (Å²) in [6.07, 6.45) is 1.69. The average molecular weight is 390 g/mol. The Labute approximate surface area is 159 Å². The maximum absolute atomic E-state index is 12.4. The first kappa shape index (κ1) is 18.8. The number of carbonyl (C=O) groups excluding carboxylic acids is 1. The number of nitrogens with zero attached hydrogens (tertiary/aromatic N) is 1. The molecule has 0 bridgehead atoms. The second-order valence-corrected chi connectivity index (χ2v) is 6.78. The van der Waals surface area contributed by atoms with Crippen LogP contribution >= 0.6 is 11.6 Å². The molecule has 0 radical (unpaired) electrons. The highest BCUT2D eigenvalue weighted by atomic mass is 35.5. The number of ether oxygens (including phenoxy) is 1. The molecule has 1 N–H and O–H groups in total. The van der Waals surface area contributed by atoms with Gasteiger partial charge in [0.1, 0.15) is 11.8 Å². The zero-order valence-corrected chi connectivity index (χ0v) is 15.1. The van der Waals surface area contributed by atoms with E-state index in [0.29, 0.717) is 24.7 Å². The van der Waals surface area contributed by atoms with Crippen molar-refractivity contribution in [2.24, 2.45) is 0 Å². The smallest absolute Gasteiger partial charge is 0.339 e. The van der Waals surface area contributed by atoms with Crippen molar-refractivity contribution in [3.8, 4) is 5.75 Å². The third kappa shape index (κ3) is 2.75. The molecule has 1 aliphatic rings. The van der Waals surface area contributed by atoms with Gasteiger partial charge >= 0.3 is 11.7 Å². The highest BCUT2D eigenvalue weighted by Crippen LogP contribution is 2.49. The third-order valence-corrected chi connectivity index (χ3v) is 5.57. The lowest BCUT2D eigenvalue weighted by atomic mass is 9.66. The summed E-state index contributed by atoms with van der Waals surface area (Å²) in [6, 6.07) is 9.63. The molecule has 8 heteroatoms. The number of aryl methyl sites for hydroxylation is 1. The number of carboxylic acid groups (broad SMARTS) is 1. The fourth-order valence-electron chi connectivity index (χ4n) is 3.80. The molecule has 2 aromatic rings. The Bertz CT molecular complexity index is 944. The van der Waals surface area contributed by atoms with Crippen LogP contribution in [0.4, 0.5) is 5.69 Å². The molecule has 7 nitrogen and oxygen atoms in total. The highest BCUT2D eigenvalue weighted by Gasteiger charge is 2.50. The number of halogens is 1. The molecule has 0 saturated carbocycles. The topological polar surface area (TPSA) is 107 Å². The van der Waals surface area contributed by atoms with E-state index in [9.17, 15) is 24.8 Å². The molecule has 0 aromatic heterocycles. The van der Waals surface area contributed by atoms with Gasteiger partial charge in [-0.3, -0.25) is 10.1 Å². The summed E-state index contributed by atoms with van der Waals surface area (Å²) in [6.45, 7) is 0. The van der Waals surface area contributed by atoms with Crippen LogP contribution in [0.15, 0.2) is 36.4 Å². The predicted molar refractivity (Wildman–Crippen MR) is 97.9 cm³/mol. The van der Waals surface area contributed by atoms with Gasteiger partial charge in [0.15, 0.2) is 0 Å². The van der Waals surface area contributed by atoms with Crippen LogP contribution in [0.5, 0.6) is 5.75 Å². The number of methoxy groups -OCH3 is 1. The van der Waals surface area contributed by atoms with Crippen LogP contribution < -0.4 is 4.74 Å². The second kappa shape index (κ2) is 7.00. The van der Waals surface area contributed by atoms with Crippen molar-refractivity contribution in [2.45, 2.75) is 23.6 Å². The molecule has 2 unspecified atom stereocenters. The van der Waals surface area contributed by atoms with Gasteiger partial charge in [-0.2, -0.15) is 0 Å². The fourth-order valence-corrected chi connectivity index (χ4v) is 4.19. The van der Waals surface area contributed by atoms with E-state index >= 15 is 0 Å². The van der Waals surface area contributed by atoms with Gasteiger partial charge in [-0.25, -0.2) is 4.79 Å². The van der Waals surface area contributed by atoms with Crippen molar-refractivity contribution in [1.29, 1.82) is 0 Å². The van der Waals surface area contributed by atoms with Gasteiger partial charge in [0.2, 0.25) is 5.75 Å². The van der Waals surface area contributed by atoms with Gasteiger partial charge < -0.3 is 14.6 Å². The minimum atomic E-state index is -1.48. The number of carbonyl (C=O) groups is 2. The first-order valence-corrected chi connectivity index (χ1v) is 8.60. The average Bonchev–Trinajstić information content (AvgIpc) is 2.67. The Morgan fingerprint density at radius 3 is 2.63 bits per heavy atom. The van der Waals surface area contributed by atoms with Gasteiger partial charge in [-0.05, 0) is 36.1 Å². The summed E-state index contributed by atoms with van der Waals surface area (Å²) < 4.78 is 5.06. The Morgan fingerprint density at radius 1 is 1.33 bits per heavy atom.